The molecule has 0 fully saturated rings. The number of rotatable bonds is 31. The third kappa shape index (κ3) is 25.8. The van der Waals surface area contributed by atoms with Gasteiger partial charge in [0.25, 0.3) is 0 Å². The minimum Gasteiger partial charge on any atom is -0.467 e. The van der Waals surface area contributed by atoms with E-state index in [1.165, 1.54) is 136 Å². The van der Waals surface area contributed by atoms with Gasteiger partial charge in [-0.1, -0.05) is 174 Å². The predicted octanol–water partition coefficient (Wildman–Crippen LogP) is 9.97. The molecule has 0 bridgehead atoms. The quantitative estimate of drug-likeness (QED) is 0.0645. The van der Waals surface area contributed by atoms with Gasteiger partial charge in [0.2, 0.25) is 5.91 Å². The van der Waals surface area contributed by atoms with Gasteiger partial charge in [-0.05, 0) is 12.8 Å². The van der Waals surface area contributed by atoms with Crippen LogP contribution in [0.25, 0.3) is 0 Å². The van der Waals surface area contributed by atoms with Crippen LogP contribution in [0, 0.1) is 0 Å². The summed E-state index contributed by atoms with van der Waals surface area (Å²) in [4.78, 5) is 24.7. The summed E-state index contributed by atoms with van der Waals surface area (Å²) in [5.74, 6) is -0.719. The van der Waals surface area contributed by atoms with E-state index in [-0.39, 0.29) is 5.91 Å². The van der Waals surface area contributed by atoms with Gasteiger partial charge < -0.3 is 15.2 Å². The zero-order chi connectivity index (χ0) is 29.5. The molecule has 5 nitrogen and oxygen atoms in total. The van der Waals surface area contributed by atoms with Crippen molar-refractivity contribution in [2.24, 2.45) is 0 Å². The van der Waals surface area contributed by atoms with E-state index >= 15 is 0 Å². The highest BCUT2D eigenvalue weighted by molar-refractivity contribution is 5.84. The Morgan fingerprint density at radius 1 is 0.550 bits per heavy atom. The van der Waals surface area contributed by atoms with E-state index in [1.54, 1.807) is 0 Å². The van der Waals surface area contributed by atoms with Gasteiger partial charge in [-0.3, -0.25) is 4.79 Å². The first-order valence-corrected chi connectivity index (χ1v) is 17.6. The van der Waals surface area contributed by atoms with Crippen molar-refractivity contribution in [3.63, 3.8) is 0 Å². The maximum atomic E-state index is 12.4. The van der Waals surface area contributed by atoms with Crippen molar-refractivity contribution in [2.75, 3.05) is 7.11 Å². The maximum absolute atomic E-state index is 12.4. The highest BCUT2D eigenvalue weighted by atomic mass is 16.5. The summed E-state index contributed by atoms with van der Waals surface area (Å²) >= 11 is 0. The Kier molecular flexibility index (Phi) is 30.0. The van der Waals surface area contributed by atoms with Crippen molar-refractivity contribution >= 4 is 11.9 Å². The van der Waals surface area contributed by atoms with E-state index in [9.17, 15) is 14.7 Å². The summed E-state index contributed by atoms with van der Waals surface area (Å²) in [6.07, 6.45) is 33.0. The lowest BCUT2D eigenvalue weighted by molar-refractivity contribution is -0.148. The number of carbonyl (C=O) groups is 2. The van der Waals surface area contributed by atoms with Gasteiger partial charge >= 0.3 is 5.97 Å². The molecule has 40 heavy (non-hydrogen) atoms. The van der Waals surface area contributed by atoms with Gasteiger partial charge in [-0.25, -0.2) is 4.79 Å². The molecule has 0 aliphatic rings. The number of hydrogen-bond acceptors (Lipinski definition) is 4. The van der Waals surface area contributed by atoms with Crippen LogP contribution in [0.15, 0.2) is 0 Å². The number of esters is 1. The second-order valence-corrected chi connectivity index (χ2v) is 12.2. The van der Waals surface area contributed by atoms with Gasteiger partial charge in [0.05, 0.1) is 13.2 Å². The van der Waals surface area contributed by atoms with Crippen LogP contribution in [0.2, 0.25) is 0 Å². The molecule has 1 amide bonds. The highest BCUT2D eigenvalue weighted by Gasteiger charge is 2.28. The van der Waals surface area contributed by atoms with Crippen LogP contribution in [-0.4, -0.2) is 36.2 Å². The standard InChI is InChI=1S/C35H69NO4/c1-4-6-8-10-12-14-16-18-20-22-24-26-28-30-32(37)34(35(39)40-3)36-33(38)31-29-27-25-23-21-19-17-15-13-11-9-7-5-2/h32,34,37H,4-31H2,1-3H3,(H,36,38). The van der Waals surface area contributed by atoms with Crippen LogP contribution in [0.3, 0.4) is 0 Å². The van der Waals surface area contributed by atoms with Gasteiger partial charge in [0.15, 0.2) is 6.04 Å². The SMILES string of the molecule is CCCCCCCCCCCCCCCC(=O)NC(C(=O)OC)C(O)CCCCCCCCCCCCCCC. The molecule has 0 rings (SSSR count). The molecule has 0 aromatic carbocycles. The van der Waals surface area contributed by atoms with Crippen molar-refractivity contribution in [3.05, 3.63) is 0 Å². The second-order valence-electron chi connectivity index (χ2n) is 12.2. The summed E-state index contributed by atoms with van der Waals surface area (Å²) < 4.78 is 4.86. The molecule has 238 valence electrons. The van der Waals surface area contributed by atoms with Gasteiger partial charge in [0.1, 0.15) is 0 Å². The van der Waals surface area contributed by atoms with Crippen LogP contribution in [-0.2, 0) is 14.3 Å². The topological polar surface area (TPSA) is 75.6 Å². The molecule has 5 heteroatoms. The number of hydrogen-bond donors (Lipinski definition) is 2. The first kappa shape index (κ1) is 38.9. The molecular formula is C35H69NO4. The lowest BCUT2D eigenvalue weighted by atomic mass is 10.0. The monoisotopic (exact) mass is 568 g/mol. The van der Waals surface area contributed by atoms with Gasteiger partial charge in [-0.2, -0.15) is 0 Å². The average molecular weight is 568 g/mol. The zero-order valence-electron chi connectivity index (χ0n) is 27.1. The molecule has 0 aromatic heterocycles. The van der Waals surface area contributed by atoms with E-state index in [4.69, 9.17) is 4.74 Å². The van der Waals surface area contributed by atoms with Crippen LogP contribution >= 0.6 is 0 Å². The van der Waals surface area contributed by atoms with Gasteiger partial charge in [0, 0.05) is 6.42 Å². The van der Waals surface area contributed by atoms with Crippen LogP contribution < -0.4 is 5.32 Å². The number of carbonyl (C=O) groups excluding carboxylic acids is 2. The molecule has 0 heterocycles. The third-order valence-corrected chi connectivity index (χ3v) is 8.27. The summed E-state index contributed by atoms with van der Waals surface area (Å²) in [5, 5.41) is 13.3. The van der Waals surface area contributed by atoms with E-state index in [2.05, 4.69) is 19.2 Å². The van der Waals surface area contributed by atoms with Gasteiger partial charge in [-0.15, -0.1) is 0 Å². The smallest absolute Gasteiger partial charge is 0.331 e. The van der Waals surface area contributed by atoms with Crippen molar-refractivity contribution in [2.45, 2.75) is 206 Å². The maximum Gasteiger partial charge on any atom is 0.331 e. The zero-order valence-corrected chi connectivity index (χ0v) is 27.1. The van der Waals surface area contributed by atoms with E-state index in [1.807, 2.05) is 0 Å². The van der Waals surface area contributed by atoms with Crippen molar-refractivity contribution < 1.29 is 19.4 Å². The molecule has 0 spiro atoms. The third-order valence-electron chi connectivity index (χ3n) is 8.27. The fraction of sp³-hybridized carbons (Fsp3) is 0.943. The first-order valence-electron chi connectivity index (χ1n) is 17.6. The second kappa shape index (κ2) is 30.8. The number of aliphatic hydroxyl groups excluding tert-OH is 1. The van der Waals surface area contributed by atoms with Crippen LogP contribution in [0.4, 0.5) is 0 Å². The Hall–Kier alpha value is -1.10. The molecule has 0 radical (unpaired) electrons. The lowest BCUT2D eigenvalue weighted by Gasteiger charge is -2.22. The van der Waals surface area contributed by atoms with E-state index < -0.39 is 18.1 Å². The molecular weight excluding hydrogens is 498 g/mol. The van der Waals surface area contributed by atoms with Crippen molar-refractivity contribution in [1.29, 1.82) is 0 Å². The molecule has 0 aromatic rings. The summed E-state index contributed by atoms with van der Waals surface area (Å²) in [7, 11) is 1.31. The summed E-state index contributed by atoms with van der Waals surface area (Å²) in [6, 6.07) is -0.961. The minimum absolute atomic E-state index is 0.164. The fourth-order valence-electron chi connectivity index (χ4n) is 5.53. The molecule has 2 atom stereocenters. The van der Waals surface area contributed by atoms with Crippen molar-refractivity contribution in [3.8, 4) is 0 Å². The number of methoxy groups -OCH3 is 1. The van der Waals surface area contributed by atoms with E-state index in [0.717, 1.165) is 38.5 Å². The number of amides is 1. The molecule has 0 aliphatic carbocycles. The fourth-order valence-corrected chi connectivity index (χ4v) is 5.53. The predicted molar refractivity (Wildman–Crippen MR) is 171 cm³/mol. The number of nitrogens with one attached hydrogen (secondary N) is 1. The highest BCUT2D eigenvalue weighted by Crippen LogP contribution is 2.16. The normalized spacial score (nSPS) is 12.8. The number of ether oxygens (including phenoxy) is 1. The average Bonchev–Trinajstić information content (AvgIpc) is 2.96. The summed E-state index contributed by atoms with van der Waals surface area (Å²) in [5.41, 5.74) is 0. The van der Waals surface area contributed by atoms with Crippen LogP contribution in [0.5, 0.6) is 0 Å². The first-order chi connectivity index (χ1) is 19.6. The Labute approximate surface area is 249 Å². The molecule has 0 saturated heterocycles. The summed E-state index contributed by atoms with van der Waals surface area (Å²) in [6.45, 7) is 4.52. The Bertz CT molecular complexity index is 554. The number of unbranched alkanes of at least 4 members (excludes halogenated alkanes) is 24. The largest absolute Gasteiger partial charge is 0.467 e. The lowest BCUT2D eigenvalue weighted by Crippen LogP contribution is -2.49. The minimum atomic E-state index is -0.961. The Morgan fingerprint density at radius 2 is 0.875 bits per heavy atom. The Morgan fingerprint density at radius 3 is 1.23 bits per heavy atom. The molecule has 0 aliphatic heterocycles. The molecule has 0 saturated carbocycles. The van der Waals surface area contributed by atoms with E-state index in [0.29, 0.717) is 12.8 Å². The number of aliphatic hydroxyl groups is 1. The van der Waals surface area contributed by atoms with Crippen LogP contribution in [0.1, 0.15) is 194 Å². The molecule has 2 N–H and O–H groups in total. The molecule has 2 unspecified atom stereocenters. The Balaban J connectivity index is 3.81. The van der Waals surface area contributed by atoms with Crippen molar-refractivity contribution in [1.82, 2.24) is 5.32 Å².